The van der Waals surface area contributed by atoms with E-state index in [-0.39, 0.29) is 29.3 Å². The van der Waals surface area contributed by atoms with Gasteiger partial charge in [-0.15, -0.1) is 0 Å². The molecule has 1 heterocycles. The van der Waals surface area contributed by atoms with Crippen LogP contribution in [-0.2, 0) is 4.79 Å². The highest BCUT2D eigenvalue weighted by Gasteiger charge is 2.43. The number of carbonyl (C=O) groups excluding carboxylic acids is 1. The maximum Gasteiger partial charge on any atom is 0.237 e. The van der Waals surface area contributed by atoms with E-state index in [9.17, 15) is 10.1 Å². The van der Waals surface area contributed by atoms with Gasteiger partial charge >= 0.3 is 0 Å². The predicted octanol–water partition coefficient (Wildman–Crippen LogP) is 2.55. The molecule has 2 aliphatic rings. The summed E-state index contributed by atoms with van der Waals surface area (Å²) in [7, 11) is 1.71. The number of likely N-dealkylation sites (tertiary alicyclic amines) is 1. The second kappa shape index (κ2) is 6.36. The van der Waals surface area contributed by atoms with Gasteiger partial charge in [0.1, 0.15) is 0 Å². The summed E-state index contributed by atoms with van der Waals surface area (Å²) in [6, 6.07) is 2.72. The first-order valence-corrected chi connectivity index (χ1v) is 8.25. The fourth-order valence-electron chi connectivity index (χ4n) is 4.08. The lowest BCUT2D eigenvalue weighted by Crippen LogP contribution is -2.52. The van der Waals surface area contributed by atoms with Gasteiger partial charge in [-0.05, 0) is 50.0 Å². The van der Waals surface area contributed by atoms with E-state index in [1.807, 2.05) is 0 Å². The summed E-state index contributed by atoms with van der Waals surface area (Å²) in [6.07, 6.45) is 5.15. The SMILES string of the molecule is CNC(=O)C1CCCN1C1CC(C(C)(C)C)CCC1C#N. The van der Waals surface area contributed by atoms with E-state index >= 15 is 0 Å². The Morgan fingerprint density at radius 2 is 2.00 bits per heavy atom. The summed E-state index contributed by atoms with van der Waals surface area (Å²) in [6.45, 7) is 7.84. The third kappa shape index (κ3) is 3.40. The molecule has 0 radical (unpaired) electrons. The van der Waals surface area contributed by atoms with Crippen LogP contribution in [0.2, 0.25) is 0 Å². The minimum Gasteiger partial charge on any atom is -0.358 e. The van der Waals surface area contributed by atoms with Crippen molar-refractivity contribution in [2.75, 3.05) is 13.6 Å². The van der Waals surface area contributed by atoms with Crippen LogP contribution in [0.15, 0.2) is 0 Å². The number of rotatable bonds is 2. The molecule has 0 bridgehead atoms. The van der Waals surface area contributed by atoms with Gasteiger partial charge in [0, 0.05) is 13.1 Å². The molecule has 21 heavy (non-hydrogen) atoms. The predicted molar refractivity (Wildman–Crippen MR) is 83.5 cm³/mol. The molecular weight excluding hydrogens is 262 g/mol. The summed E-state index contributed by atoms with van der Waals surface area (Å²) in [4.78, 5) is 14.4. The van der Waals surface area contributed by atoms with Crippen LogP contribution in [0.5, 0.6) is 0 Å². The fourth-order valence-corrected chi connectivity index (χ4v) is 4.08. The Morgan fingerprint density at radius 3 is 2.57 bits per heavy atom. The molecule has 2 fully saturated rings. The normalized spacial score (nSPS) is 34.4. The van der Waals surface area contributed by atoms with Gasteiger partial charge in [0.25, 0.3) is 0 Å². The molecule has 118 valence electrons. The van der Waals surface area contributed by atoms with Crippen molar-refractivity contribution >= 4 is 5.91 Å². The van der Waals surface area contributed by atoms with Crippen LogP contribution in [0.25, 0.3) is 0 Å². The molecule has 1 saturated heterocycles. The van der Waals surface area contributed by atoms with Crippen molar-refractivity contribution in [3.05, 3.63) is 0 Å². The average Bonchev–Trinajstić information content (AvgIpc) is 2.94. The van der Waals surface area contributed by atoms with E-state index in [4.69, 9.17) is 0 Å². The van der Waals surface area contributed by atoms with Crippen molar-refractivity contribution in [2.45, 2.75) is 65.0 Å². The molecule has 0 aromatic heterocycles. The van der Waals surface area contributed by atoms with Gasteiger partial charge in [-0.2, -0.15) is 5.26 Å². The van der Waals surface area contributed by atoms with Gasteiger partial charge < -0.3 is 5.32 Å². The van der Waals surface area contributed by atoms with E-state index in [0.29, 0.717) is 5.92 Å². The molecule has 1 N–H and O–H groups in total. The van der Waals surface area contributed by atoms with Crippen molar-refractivity contribution in [1.82, 2.24) is 10.2 Å². The maximum absolute atomic E-state index is 12.1. The fraction of sp³-hybridized carbons (Fsp3) is 0.882. The molecule has 1 aliphatic heterocycles. The molecule has 1 aliphatic carbocycles. The van der Waals surface area contributed by atoms with E-state index < -0.39 is 0 Å². The van der Waals surface area contributed by atoms with Gasteiger partial charge in [-0.3, -0.25) is 9.69 Å². The quantitative estimate of drug-likeness (QED) is 0.850. The summed E-state index contributed by atoms with van der Waals surface area (Å²) >= 11 is 0. The van der Waals surface area contributed by atoms with Gasteiger partial charge in [0.2, 0.25) is 5.91 Å². The highest BCUT2D eigenvalue weighted by atomic mass is 16.2. The van der Waals surface area contributed by atoms with Crippen LogP contribution < -0.4 is 5.32 Å². The molecule has 4 atom stereocenters. The number of likely N-dealkylation sites (N-methyl/N-ethyl adjacent to an activating group) is 1. The standard InChI is InChI=1S/C17H29N3O/c1-17(2,3)13-8-7-12(11-18)15(10-13)20-9-5-6-14(20)16(21)19-4/h12-15H,5-10H2,1-4H3,(H,19,21). The Labute approximate surface area is 128 Å². The van der Waals surface area contributed by atoms with Crippen molar-refractivity contribution in [1.29, 1.82) is 5.26 Å². The number of hydrogen-bond donors (Lipinski definition) is 1. The average molecular weight is 291 g/mol. The van der Waals surface area contributed by atoms with Crippen LogP contribution in [0, 0.1) is 28.6 Å². The molecular formula is C17H29N3O. The molecule has 1 saturated carbocycles. The van der Waals surface area contributed by atoms with Crippen molar-refractivity contribution in [2.24, 2.45) is 17.3 Å². The Morgan fingerprint density at radius 1 is 1.29 bits per heavy atom. The minimum atomic E-state index is -0.0328. The molecule has 4 heteroatoms. The maximum atomic E-state index is 12.1. The van der Waals surface area contributed by atoms with Crippen LogP contribution >= 0.6 is 0 Å². The number of carbonyl (C=O) groups is 1. The zero-order valence-electron chi connectivity index (χ0n) is 13.9. The first kappa shape index (κ1) is 16.3. The van der Waals surface area contributed by atoms with E-state index in [1.165, 1.54) is 0 Å². The highest BCUT2D eigenvalue weighted by molar-refractivity contribution is 5.81. The molecule has 4 unspecified atom stereocenters. The Kier molecular flexibility index (Phi) is 4.93. The first-order chi connectivity index (χ1) is 9.88. The van der Waals surface area contributed by atoms with Crippen LogP contribution in [0.3, 0.4) is 0 Å². The van der Waals surface area contributed by atoms with Gasteiger partial charge in [0.05, 0.1) is 18.0 Å². The Bertz CT molecular complexity index is 421. The third-order valence-corrected chi connectivity index (χ3v) is 5.48. The van der Waals surface area contributed by atoms with Crippen molar-refractivity contribution in [3.8, 4) is 6.07 Å². The van der Waals surface area contributed by atoms with E-state index in [0.717, 1.165) is 38.6 Å². The third-order valence-electron chi connectivity index (χ3n) is 5.48. The van der Waals surface area contributed by atoms with Crippen LogP contribution in [-0.4, -0.2) is 36.5 Å². The smallest absolute Gasteiger partial charge is 0.237 e. The molecule has 0 aromatic rings. The van der Waals surface area contributed by atoms with Crippen LogP contribution in [0.4, 0.5) is 0 Å². The van der Waals surface area contributed by atoms with Gasteiger partial charge in [0.15, 0.2) is 0 Å². The van der Waals surface area contributed by atoms with Gasteiger partial charge in [-0.1, -0.05) is 20.8 Å². The lowest BCUT2D eigenvalue weighted by Gasteiger charge is -2.44. The molecule has 1 amide bonds. The molecule has 4 nitrogen and oxygen atoms in total. The Balaban J connectivity index is 2.17. The first-order valence-electron chi connectivity index (χ1n) is 8.25. The number of hydrogen-bond acceptors (Lipinski definition) is 3. The van der Waals surface area contributed by atoms with Gasteiger partial charge in [-0.25, -0.2) is 0 Å². The summed E-state index contributed by atoms with van der Waals surface area (Å²) < 4.78 is 0. The summed E-state index contributed by atoms with van der Waals surface area (Å²) in [5, 5.41) is 12.3. The second-order valence-electron chi connectivity index (χ2n) is 7.69. The number of nitrogens with zero attached hydrogens (tertiary/aromatic N) is 2. The summed E-state index contributed by atoms with van der Waals surface area (Å²) in [5.74, 6) is 0.828. The number of amides is 1. The van der Waals surface area contributed by atoms with E-state index in [2.05, 4.69) is 37.1 Å². The Hall–Kier alpha value is -1.08. The monoisotopic (exact) mass is 291 g/mol. The molecule has 2 rings (SSSR count). The van der Waals surface area contributed by atoms with Crippen molar-refractivity contribution in [3.63, 3.8) is 0 Å². The highest BCUT2D eigenvalue weighted by Crippen LogP contribution is 2.42. The number of nitriles is 1. The largest absolute Gasteiger partial charge is 0.358 e. The van der Waals surface area contributed by atoms with E-state index in [1.54, 1.807) is 7.05 Å². The summed E-state index contributed by atoms with van der Waals surface area (Å²) in [5.41, 5.74) is 0.279. The second-order valence-corrected chi connectivity index (χ2v) is 7.69. The van der Waals surface area contributed by atoms with Crippen LogP contribution in [0.1, 0.15) is 52.9 Å². The molecule has 0 spiro atoms. The topological polar surface area (TPSA) is 56.1 Å². The zero-order valence-corrected chi connectivity index (χ0v) is 13.9. The molecule has 0 aromatic carbocycles. The lowest BCUT2D eigenvalue weighted by molar-refractivity contribution is -0.126. The zero-order chi connectivity index (χ0) is 15.6. The van der Waals surface area contributed by atoms with Crippen molar-refractivity contribution < 1.29 is 4.79 Å². The number of nitrogens with one attached hydrogen (secondary N) is 1. The lowest BCUT2D eigenvalue weighted by atomic mass is 9.67. The minimum absolute atomic E-state index is 0.0328.